The van der Waals surface area contributed by atoms with E-state index in [1.54, 1.807) is 19.2 Å². The van der Waals surface area contributed by atoms with Crippen LogP contribution in [0.15, 0.2) is 24.3 Å². The van der Waals surface area contributed by atoms with Crippen LogP contribution in [-0.2, 0) is 14.2 Å². The fourth-order valence-electron chi connectivity index (χ4n) is 1.79. The summed E-state index contributed by atoms with van der Waals surface area (Å²) in [5, 5.41) is 9.36. The maximum absolute atomic E-state index is 12.8. The molecule has 0 aromatic heterocycles. The van der Waals surface area contributed by atoms with E-state index in [-0.39, 0.29) is 18.3 Å². The van der Waals surface area contributed by atoms with Gasteiger partial charge in [0.1, 0.15) is 5.82 Å². The van der Waals surface area contributed by atoms with E-state index in [0.717, 1.165) is 5.56 Å². The molecule has 0 spiro atoms. The highest BCUT2D eigenvalue weighted by Gasteiger charge is 2.10. The zero-order chi connectivity index (χ0) is 14.6. The number of aliphatic hydroxyl groups excluding tert-OH is 1. The van der Waals surface area contributed by atoms with E-state index in [1.807, 2.05) is 0 Å². The molecule has 0 bridgehead atoms. The summed E-state index contributed by atoms with van der Waals surface area (Å²) in [4.78, 5) is 0. The van der Waals surface area contributed by atoms with Crippen LogP contribution in [0.1, 0.15) is 17.9 Å². The Morgan fingerprint density at radius 2 is 1.60 bits per heavy atom. The lowest BCUT2D eigenvalue weighted by Gasteiger charge is -2.14. The van der Waals surface area contributed by atoms with Crippen LogP contribution >= 0.6 is 0 Å². The van der Waals surface area contributed by atoms with Crippen molar-refractivity contribution in [2.75, 3.05) is 46.8 Å². The minimum Gasteiger partial charge on any atom is -0.396 e. The third-order valence-corrected chi connectivity index (χ3v) is 2.98. The third-order valence-electron chi connectivity index (χ3n) is 2.98. The average Bonchev–Trinajstić information content (AvgIpc) is 2.47. The van der Waals surface area contributed by atoms with Gasteiger partial charge >= 0.3 is 0 Å². The van der Waals surface area contributed by atoms with Crippen molar-refractivity contribution in [1.82, 2.24) is 0 Å². The number of rotatable bonds is 11. The topological polar surface area (TPSA) is 47.9 Å². The van der Waals surface area contributed by atoms with Crippen molar-refractivity contribution in [3.63, 3.8) is 0 Å². The Balaban J connectivity index is 2.14. The monoisotopic (exact) mass is 286 g/mol. The van der Waals surface area contributed by atoms with E-state index in [9.17, 15) is 9.50 Å². The van der Waals surface area contributed by atoms with Crippen molar-refractivity contribution >= 4 is 0 Å². The third kappa shape index (κ3) is 6.96. The molecule has 5 heteroatoms. The summed E-state index contributed by atoms with van der Waals surface area (Å²) in [7, 11) is 1.63. The Labute approximate surface area is 119 Å². The molecule has 0 aliphatic rings. The Morgan fingerprint density at radius 1 is 1.00 bits per heavy atom. The smallest absolute Gasteiger partial charge is 0.123 e. The highest BCUT2D eigenvalue weighted by molar-refractivity contribution is 5.20. The molecule has 0 saturated heterocycles. The lowest BCUT2D eigenvalue weighted by molar-refractivity contribution is 0.0223. The highest BCUT2D eigenvalue weighted by Crippen LogP contribution is 2.19. The molecule has 0 fully saturated rings. The summed E-state index contributed by atoms with van der Waals surface area (Å²) in [5.41, 5.74) is 0.925. The van der Waals surface area contributed by atoms with Crippen LogP contribution < -0.4 is 0 Å². The lowest BCUT2D eigenvalue weighted by atomic mass is 9.97. The van der Waals surface area contributed by atoms with E-state index in [4.69, 9.17) is 14.2 Å². The molecule has 0 heterocycles. The van der Waals surface area contributed by atoms with Gasteiger partial charge in [-0.2, -0.15) is 0 Å². The van der Waals surface area contributed by atoms with E-state index < -0.39 is 0 Å². The van der Waals surface area contributed by atoms with Crippen LogP contribution in [0.3, 0.4) is 0 Å². The molecule has 0 saturated carbocycles. The van der Waals surface area contributed by atoms with Crippen molar-refractivity contribution in [2.24, 2.45) is 0 Å². The lowest BCUT2D eigenvalue weighted by Crippen LogP contribution is -2.12. The average molecular weight is 286 g/mol. The van der Waals surface area contributed by atoms with Gasteiger partial charge < -0.3 is 19.3 Å². The van der Waals surface area contributed by atoms with Gasteiger partial charge in [0.05, 0.1) is 33.0 Å². The number of methoxy groups -OCH3 is 1. The first-order chi connectivity index (χ1) is 9.77. The molecule has 1 aromatic carbocycles. The van der Waals surface area contributed by atoms with Crippen LogP contribution in [0.25, 0.3) is 0 Å². The van der Waals surface area contributed by atoms with Crippen LogP contribution in [0, 0.1) is 5.82 Å². The number of aliphatic hydroxyl groups is 1. The van der Waals surface area contributed by atoms with Gasteiger partial charge in [0.2, 0.25) is 0 Å². The van der Waals surface area contributed by atoms with Gasteiger partial charge in [-0.15, -0.1) is 0 Å². The molecule has 0 aliphatic heterocycles. The molecule has 1 N–H and O–H groups in total. The standard InChI is InChI=1S/C15H23FO4/c1-18-8-9-20-11-10-19-7-6-14(12-17)13-2-4-15(16)5-3-13/h2-5,14,17H,6-12H2,1H3. The molecule has 0 radical (unpaired) electrons. The molecule has 1 rings (SSSR count). The molecular weight excluding hydrogens is 263 g/mol. The first-order valence-corrected chi connectivity index (χ1v) is 6.78. The highest BCUT2D eigenvalue weighted by atomic mass is 19.1. The first kappa shape index (κ1) is 17.0. The van der Waals surface area contributed by atoms with Gasteiger partial charge in [0.25, 0.3) is 0 Å². The number of hydrogen-bond acceptors (Lipinski definition) is 4. The fraction of sp³-hybridized carbons (Fsp3) is 0.600. The molecule has 1 unspecified atom stereocenters. The van der Waals surface area contributed by atoms with Gasteiger partial charge in [0.15, 0.2) is 0 Å². The molecule has 0 aliphatic carbocycles. The van der Waals surface area contributed by atoms with E-state index in [1.165, 1.54) is 12.1 Å². The summed E-state index contributed by atoms with van der Waals surface area (Å²) in [6, 6.07) is 6.21. The minimum atomic E-state index is -0.269. The normalized spacial score (nSPS) is 12.6. The summed E-state index contributed by atoms with van der Waals surface area (Å²) in [6.45, 7) is 2.76. The summed E-state index contributed by atoms with van der Waals surface area (Å²) >= 11 is 0. The van der Waals surface area contributed by atoms with Gasteiger partial charge in [-0.1, -0.05) is 12.1 Å². The molecule has 1 atom stereocenters. The largest absolute Gasteiger partial charge is 0.396 e. The molecule has 114 valence electrons. The Hall–Kier alpha value is -1.01. The number of benzene rings is 1. The number of hydrogen-bond donors (Lipinski definition) is 1. The molecular formula is C15H23FO4. The second-order valence-corrected chi connectivity index (χ2v) is 4.44. The maximum atomic E-state index is 12.8. The first-order valence-electron chi connectivity index (χ1n) is 6.78. The predicted molar refractivity (Wildman–Crippen MR) is 74.4 cm³/mol. The summed E-state index contributed by atoms with van der Waals surface area (Å²) in [5.74, 6) is -0.292. The fourth-order valence-corrected chi connectivity index (χ4v) is 1.79. The second-order valence-electron chi connectivity index (χ2n) is 4.44. The second kappa shape index (κ2) is 10.7. The molecule has 1 aromatic rings. The van der Waals surface area contributed by atoms with Crippen molar-refractivity contribution in [2.45, 2.75) is 12.3 Å². The van der Waals surface area contributed by atoms with Crippen molar-refractivity contribution in [3.05, 3.63) is 35.6 Å². The Morgan fingerprint density at radius 3 is 2.20 bits per heavy atom. The van der Waals surface area contributed by atoms with Gasteiger partial charge in [0, 0.05) is 19.6 Å². The SMILES string of the molecule is COCCOCCOCCC(CO)c1ccc(F)cc1. The van der Waals surface area contributed by atoms with Crippen LogP contribution in [0.4, 0.5) is 4.39 Å². The zero-order valence-electron chi connectivity index (χ0n) is 11.9. The van der Waals surface area contributed by atoms with Crippen molar-refractivity contribution in [1.29, 1.82) is 0 Å². The van der Waals surface area contributed by atoms with Crippen LogP contribution in [0.5, 0.6) is 0 Å². The number of ether oxygens (including phenoxy) is 3. The van der Waals surface area contributed by atoms with E-state index in [0.29, 0.717) is 39.5 Å². The van der Waals surface area contributed by atoms with Gasteiger partial charge in [-0.25, -0.2) is 4.39 Å². The van der Waals surface area contributed by atoms with Gasteiger partial charge in [-0.3, -0.25) is 0 Å². The van der Waals surface area contributed by atoms with E-state index >= 15 is 0 Å². The Bertz CT molecular complexity index is 342. The summed E-state index contributed by atoms with van der Waals surface area (Å²) in [6.07, 6.45) is 0.695. The minimum absolute atomic E-state index is 0.0231. The van der Waals surface area contributed by atoms with Gasteiger partial charge in [-0.05, 0) is 24.1 Å². The van der Waals surface area contributed by atoms with Crippen molar-refractivity contribution in [3.8, 4) is 0 Å². The molecule has 0 amide bonds. The predicted octanol–water partition coefficient (Wildman–Crippen LogP) is 1.97. The molecule has 4 nitrogen and oxygen atoms in total. The quantitative estimate of drug-likeness (QED) is 0.632. The maximum Gasteiger partial charge on any atom is 0.123 e. The number of halogens is 1. The van der Waals surface area contributed by atoms with Crippen LogP contribution in [0.2, 0.25) is 0 Å². The molecule has 20 heavy (non-hydrogen) atoms. The summed E-state index contributed by atoms with van der Waals surface area (Å²) < 4.78 is 28.4. The Kier molecular flexibility index (Phi) is 9.15. The van der Waals surface area contributed by atoms with E-state index in [2.05, 4.69) is 0 Å². The zero-order valence-corrected chi connectivity index (χ0v) is 11.9. The van der Waals surface area contributed by atoms with Crippen LogP contribution in [-0.4, -0.2) is 51.9 Å². The van der Waals surface area contributed by atoms with Crippen molar-refractivity contribution < 1.29 is 23.7 Å².